The summed E-state index contributed by atoms with van der Waals surface area (Å²) in [5.74, 6) is -2.01. The van der Waals surface area contributed by atoms with Gasteiger partial charge in [-0.25, -0.2) is 9.59 Å². The number of hydrogen-bond donors (Lipinski definition) is 4. The Morgan fingerprint density at radius 3 is 2.62 bits per heavy atom. The maximum absolute atomic E-state index is 10.8. The van der Waals surface area contributed by atoms with Crippen LogP contribution in [0.5, 0.6) is 0 Å². The Morgan fingerprint density at radius 2 is 2.00 bits per heavy atom. The summed E-state index contributed by atoms with van der Waals surface area (Å²) in [7, 11) is 0. The van der Waals surface area contributed by atoms with E-state index in [0.29, 0.717) is 11.4 Å². The maximum Gasteiger partial charge on any atom is 0.335 e. The number of carboxylic acids is 2. The van der Waals surface area contributed by atoms with Gasteiger partial charge in [0.05, 0.1) is 16.9 Å². The summed E-state index contributed by atoms with van der Waals surface area (Å²) in [5, 5.41) is 23.3. The van der Waals surface area contributed by atoms with E-state index < -0.39 is 18.0 Å². The summed E-state index contributed by atoms with van der Waals surface area (Å²) >= 11 is 0. The van der Waals surface area contributed by atoms with E-state index in [2.05, 4.69) is 10.6 Å². The molecule has 0 bridgehead atoms. The lowest BCUT2D eigenvalue weighted by molar-refractivity contribution is -0.137. The molecule has 1 aliphatic heterocycles. The van der Waals surface area contributed by atoms with Crippen molar-refractivity contribution in [1.82, 2.24) is 0 Å². The molecule has 6 heteroatoms. The summed E-state index contributed by atoms with van der Waals surface area (Å²) in [6.07, 6.45) is 0. The standard InChI is InChI=1S/C10H10N2O4/c13-9(14)5-1-2-6-7(3-5)12-8(4-11-6)10(15)16/h1-3,8,11-12H,4H2,(H,13,14)(H,15,16). The van der Waals surface area contributed by atoms with Crippen molar-refractivity contribution in [3.8, 4) is 0 Å². The molecule has 1 aromatic carbocycles. The maximum atomic E-state index is 10.8. The minimum Gasteiger partial charge on any atom is -0.480 e. The second-order valence-electron chi connectivity index (χ2n) is 3.48. The Labute approximate surface area is 90.9 Å². The second kappa shape index (κ2) is 3.73. The number of aliphatic carboxylic acids is 1. The molecule has 0 spiro atoms. The van der Waals surface area contributed by atoms with Gasteiger partial charge in [0.25, 0.3) is 0 Å². The first kappa shape index (κ1) is 10.3. The van der Waals surface area contributed by atoms with Gasteiger partial charge in [-0.15, -0.1) is 0 Å². The Kier molecular flexibility index (Phi) is 2.40. The van der Waals surface area contributed by atoms with Crippen LogP contribution in [0.15, 0.2) is 18.2 Å². The molecule has 4 N–H and O–H groups in total. The minimum absolute atomic E-state index is 0.124. The van der Waals surface area contributed by atoms with E-state index in [-0.39, 0.29) is 12.1 Å². The Bertz CT molecular complexity index is 458. The first-order chi connectivity index (χ1) is 7.58. The lowest BCUT2D eigenvalue weighted by Gasteiger charge is -2.25. The Morgan fingerprint density at radius 1 is 1.25 bits per heavy atom. The zero-order chi connectivity index (χ0) is 11.7. The molecule has 0 saturated heterocycles. The molecule has 1 heterocycles. The Balaban J connectivity index is 2.32. The third-order valence-corrected chi connectivity index (χ3v) is 2.39. The number of anilines is 2. The van der Waals surface area contributed by atoms with Gasteiger partial charge < -0.3 is 20.8 Å². The quantitative estimate of drug-likeness (QED) is 0.587. The number of benzene rings is 1. The summed E-state index contributed by atoms with van der Waals surface area (Å²) in [5.41, 5.74) is 1.33. The first-order valence-corrected chi connectivity index (χ1v) is 4.68. The lowest BCUT2D eigenvalue weighted by atomic mass is 10.1. The molecule has 0 aliphatic carbocycles. The monoisotopic (exact) mass is 222 g/mol. The van der Waals surface area contributed by atoms with Crippen LogP contribution < -0.4 is 10.6 Å². The van der Waals surface area contributed by atoms with Gasteiger partial charge in [0.2, 0.25) is 0 Å². The van der Waals surface area contributed by atoms with Crippen molar-refractivity contribution in [2.45, 2.75) is 6.04 Å². The summed E-state index contributed by atoms with van der Waals surface area (Å²) in [4.78, 5) is 21.5. The number of nitrogens with one attached hydrogen (secondary N) is 2. The highest BCUT2D eigenvalue weighted by Gasteiger charge is 2.23. The topological polar surface area (TPSA) is 98.7 Å². The van der Waals surface area contributed by atoms with Crippen LogP contribution in [0.1, 0.15) is 10.4 Å². The summed E-state index contributed by atoms with van der Waals surface area (Å²) < 4.78 is 0. The van der Waals surface area contributed by atoms with Crippen LogP contribution in [-0.2, 0) is 4.79 Å². The van der Waals surface area contributed by atoms with Gasteiger partial charge >= 0.3 is 11.9 Å². The molecule has 0 aromatic heterocycles. The molecule has 1 atom stereocenters. The molecule has 16 heavy (non-hydrogen) atoms. The molecule has 0 saturated carbocycles. The fourth-order valence-electron chi connectivity index (χ4n) is 1.55. The summed E-state index contributed by atoms with van der Waals surface area (Å²) in [6, 6.07) is 3.76. The van der Waals surface area contributed by atoms with E-state index in [0.717, 1.165) is 0 Å². The van der Waals surface area contributed by atoms with Crippen molar-refractivity contribution < 1.29 is 19.8 Å². The highest BCUT2D eigenvalue weighted by molar-refractivity contribution is 5.92. The van der Waals surface area contributed by atoms with Gasteiger partial charge in [-0.3, -0.25) is 0 Å². The predicted octanol–water partition coefficient (Wildman–Crippen LogP) is 0.675. The van der Waals surface area contributed by atoms with Gasteiger partial charge in [-0.2, -0.15) is 0 Å². The van der Waals surface area contributed by atoms with Crippen LogP contribution in [0.25, 0.3) is 0 Å². The van der Waals surface area contributed by atoms with Crippen LogP contribution in [0.4, 0.5) is 11.4 Å². The van der Waals surface area contributed by atoms with Gasteiger partial charge in [0.15, 0.2) is 0 Å². The molecule has 1 aliphatic rings. The molecular formula is C10H10N2O4. The largest absolute Gasteiger partial charge is 0.480 e. The van der Waals surface area contributed by atoms with E-state index in [1.807, 2.05) is 0 Å². The zero-order valence-corrected chi connectivity index (χ0v) is 8.23. The average molecular weight is 222 g/mol. The molecule has 0 radical (unpaired) electrons. The molecule has 1 unspecified atom stereocenters. The summed E-state index contributed by atoms with van der Waals surface area (Å²) in [6.45, 7) is 0.273. The SMILES string of the molecule is O=C(O)c1ccc2c(c1)NC(C(=O)O)CN2. The molecule has 6 nitrogen and oxygen atoms in total. The number of rotatable bonds is 2. The number of carbonyl (C=O) groups is 2. The van der Waals surface area contributed by atoms with E-state index >= 15 is 0 Å². The average Bonchev–Trinajstić information content (AvgIpc) is 2.27. The predicted molar refractivity (Wildman–Crippen MR) is 56.9 cm³/mol. The number of carboxylic acid groups (broad SMARTS) is 2. The van der Waals surface area contributed by atoms with Crippen molar-refractivity contribution >= 4 is 23.3 Å². The minimum atomic E-state index is -1.04. The molecule has 0 fully saturated rings. The number of fused-ring (bicyclic) bond motifs is 1. The van der Waals surface area contributed by atoms with Gasteiger partial charge in [-0.05, 0) is 18.2 Å². The normalized spacial score (nSPS) is 17.9. The van der Waals surface area contributed by atoms with Crippen LogP contribution in [0.3, 0.4) is 0 Å². The third-order valence-electron chi connectivity index (χ3n) is 2.39. The lowest BCUT2D eigenvalue weighted by Crippen LogP contribution is -2.39. The van der Waals surface area contributed by atoms with Gasteiger partial charge in [-0.1, -0.05) is 0 Å². The van der Waals surface area contributed by atoms with Crippen molar-refractivity contribution in [2.24, 2.45) is 0 Å². The molecule has 84 valence electrons. The second-order valence-corrected chi connectivity index (χ2v) is 3.48. The highest BCUT2D eigenvalue weighted by Crippen LogP contribution is 2.27. The van der Waals surface area contributed by atoms with Crippen LogP contribution in [0.2, 0.25) is 0 Å². The van der Waals surface area contributed by atoms with Crippen LogP contribution >= 0.6 is 0 Å². The number of hydrogen-bond acceptors (Lipinski definition) is 4. The smallest absolute Gasteiger partial charge is 0.335 e. The van der Waals surface area contributed by atoms with Crippen LogP contribution in [0, 0.1) is 0 Å². The highest BCUT2D eigenvalue weighted by atomic mass is 16.4. The van der Waals surface area contributed by atoms with E-state index in [9.17, 15) is 9.59 Å². The van der Waals surface area contributed by atoms with Crippen molar-refractivity contribution in [3.05, 3.63) is 23.8 Å². The van der Waals surface area contributed by atoms with E-state index in [1.165, 1.54) is 12.1 Å². The number of aromatic carboxylic acids is 1. The third kappa shape index (κ3) is 1.77. The molecule has 1 aromatic rings. The van der Waals surface area contributed by atoms with Crippen molar-refractivity contribution in [1.29, 1.82) is 0 Å². The Hall–Kier alpha value is -2.24. The van der Waals surface area contributed by atoms with Crippen molar-refractivity contribution in [3.63, 3.8) is 0 Å². The fourth-order valence-corrected chi connectivity index (χ4v) is 1.55. The van der Waals surface area contributed by atoms with E-state index in [4.69, 9.17) is 10.2 Å². The first-order valence-electron chi connectivity index (χ1n) is 4.68. The van der Waals surface area contributed by atoms with E-state index in [1.54, 1.807) is 6.07 Å². The van der Waals surface area contributed by atoms with Crippen LogP contribution in [-0.4, -0.2) is 34.7 Å². The van der Waals surface area contributed by atoms with Gasteiger partial charge in [0, 0.05) is 6.54 Å². The van der Waals surface area contributed by atoms with Crippen molar-refractivity contribution in [2.75, 3.05) is 17.2 Å². The fraction of sp³-hybridized carbons (Fsp3) is 0.200. The molecular weight excluding hydrogens is 212 g/mol. The van der Waals surface area contributed by atoms with Gasteiger partial charge in [0.1, 0.15) is 6.04 Å². The zero-order valence-electron chi connectivity index (χ0n) is 8.23. The molecule has 0 amide bonds. The molecule has 2 rings (SSSR count).